The Kier molecular flexibility index (Phi) is 4.48. The van der Waals surface area contributed by atoms with E-state index in [0.29, 0.717) is 11.2 Å². The maximum atomic E-state index is 5.73. The van der Waals surface area contributed by atoms with Crippen LogP contribution in [0.25, 0.3) is 0 Å². The minimum Gasteiger partial charge on any atom is -0.370 e. The van der Waals surface area contributed by atoms with Gasteiger partial charge in [-0.25, -0.2) is 4.98 Å². The van der Waals surface area contributed by atoms with Crippen molar-refractivity contribution in [1.82, 2.24) is 9.97 Å². The summed E-state index contributed by atoms with van der Waals surface area (Å²) in [7, 11) is 0. The summed E-state index contributed by atoms with van der Waals surface area (Å²) in [6, 6.07) is 2.01. The van der Waals surface area contributed by atoms with E-state index in [2.05, 4.69) is 22.2 Å². The summed E-state index contributed by atoms with van der Waals surface area (Å²) in [6.45, 7) is 3.05. The van der Waals surface area contributed by atoms with Crippen molar-refractivity contribution in [2.75, 3.05) is 17.6 Å². The van der Waals surface area contributed by atoms with Crippen molar-refractivity contribution in [2.45, 2.75) is 49.3 Å². The second kappa shape index (κ2) is 6.10. The Balaban J connectivity index is 2.02. The van der Waals surface area contributed by atoms with Gasteiger partial charge < -0.3 is 11.1 Å². The summed E-state index contributed by atoms with van der Waals surface area (Å²) in [4.78, 5) is 8.48. The van der Waals surface area contributed by atoms with Crippen LogP contribution in [0.5, 0.6) is 0 Å². The smallest absolute Gasteiger partial charge is 0.223 e. The van der Waals surface area contributed by atoms with E-state index < -0.39 is 0 Å². The molecule has 1 fully saturated rings. The average molecular weight is 252 g/mol. The molecule has 0 aliphatic heterocycles. The number of nitrogens with one attached hydrogen (secondary N) is 1. The molecule has 5 heteroatoms. The summed E-state index contributed by atoms with van der Waals surface area (Å²) < 4.78 is 0. The molecule has 0 aromatic carbocycles. The fourth-order valence-electron chi connectivity index (χ4n) is 2.02. The third-order valence-electron chi connectivity index (χ3n) is 2.87. The van der Waals surface area contributed by atoms with Gasteiger partial charge in [-0.15, -0.1) is 11.8 Å². The Morgan fingerprint density at radius 2 is 2.18 bits per heavy atom. The lowest BCUT2D eigenvalue weighted by atomic mass is 10.4. The molecule has 1 aromatic heterocycles. The van der Waals surface area contributed by atoms with Gasteiger partial charge in [0.2, 0.25) is 5.95 Å². The van der Waals surface area contributed by atoms with Gasteiger partial charge in [0.25, 0.3) is 0 Å². The number of hydrogen-bond donors (Lipinski definition) is 2. The molecule has 4 nitrogen and oxygen atoms in total. The van der Waals surface area contributed by atoms with Crippen LogP contribution in [0.3, 0.4) is 0 Å². The second-order valence-corrected chi connectivity index (χ2v) is 5.72. The SMILES string of the molecule is CCCNc1cc(SC2CCCC2)nc(N)n1. The highest BCUT2D eigenvalue weighted by Crippen LogP contribution is 2.34. The molecule has 1 heterocycles. The quantitative estimate of drug-likeness (QED) is 0.789. The highest BCUT2D eigenvalue weighted by molar-refractivity contribution is 7.99. The summed E-state index contributed by atoms with van der Waals surface area (Å²) >= 11 is 1.84. The summed E-state index contributed by atoms with van der Waals surface area (Å²) in [6.07, 6.45) is 6.37. The van der Waals surface area contributed by atoms with Crippen LogP contribution in [0.4, 0.5) is 11.8 Å². The highest BCUT2D eigenvalue weighted by Gasteiger charge is 2.17. The standard InChI is InChI=1S/C12H20N4S/c1-2-7-14-10-8-11(16-12(13)15-10)17-9-5-3-4-6-9/h8-9H,2-7H2,1H3,(H3,13,14,15,16). The Hall–Kier alpha value is -0.970. The maximum absolute atomic E-state index is 5.73. The molecule has 0 radical (unpaired) electrons. The first kappa shape index (κ1) is 12.5. The van der Waals surface area contributed by atoms with Gasteiger partial charge in [0.1, 0.15) is 10.8 Å². The first-order valence-electron chi connectivity index (χ1n) is 6.33. The molecule has 3 N–H and O–H groups in total. The van der Waals surface area contributed by atoms with Gasteiger partial charge in [-0.1, -0.05) is 19.8 Å². The van der Waals surface area contributed by atoms with Crippen molar-refractivity contribution in [3.05, 3.63) is 6.07 Å². The molecule has 0 atom stereocenters. The molecule has 2 rings (SSSR count). The number of aromatic nitrogens is 2. The Labute approximate surface area is 107 Å². The van der Waals surface area contributed by atoms with Gasteiger partial charge in [0.15, 0.2) is 0 Å². The van der Waals surface area contributed by atoms with Crippen LogP contribution in [0.1, 0.15) is 39.0 Å². The van der Waals surface area contributed by atoms with Crippen LogP contribution in [-0.2, 0) is 0 Å². The zero-order chi connectivity index (χ0) is 12.1. The predicted molar refractivity (Wildman–Crippen MR) is 73.3 cm³/mol. The largest absolute Gasteiger partial charge is 0.370 e. The van der Waals surface area contributed by atoms with E-state index in [9.17, 15) is 0 Å². The first-order valence-corrected chi connectivity index (χ1v) is 7.21. The molecule has 0 bridgehead atoms. The van der Waals surface area contributed by atoms with Gasteiger partial charge in [-0.2, -0.15) is 4.98 Å². The minimum atomic E-state index is 0.367. The van der Waals surface area contributed by atoms with Crippen molar-refractivity contribution in [1.29, 1.82) is 0 Å². The van der Waals surface area contributed by atoms with Crippen LogP contribution >= 0.6 is 11.8 Å². The van der Waals surface area contributed by atoms with Crippen molar-refractivity contribution in [3.8, 4) is 0 Å². The number of nitrogens with zero attached hydrogens (tertiary/aromatic N) is 2. The van der Waals surface area contributed by atoms with E-state index in [1.807, 2.05) is 17.8 Å². The number of hydrogen-bond acceptors (Lipinski definition) is 5. The van der Waals surface area contributed by atoms with Gasteiger partial charge in [-0.05, 0) is 19.3 Å². The first-order chi connectivity index (χ1) is 8.28. The molecular weight excluding hydrogens is 232 g/mol. The molecule has 94 valence electrons. The van der Waals surface area contributed by atoms with E-state index >= 15 is 0 Å². The van der Waals surface area contributed by atoms with Crippen LogP contribution < -0.4 is 11.1 Å². The van der Waals surface area contributed by atoms with E-state index in [4.69, 9.17) is 5.73 Å². The molecular formula is C12H20N4S. The lowest BCUT2D eigenvalue weighted by Gasteiger charge is -2.10. The third-order valence-corrected chi connectivity index (χ3v) is 4.12. The Bertz CT molecular complexity index is 364. The predicted octanol–water partition coefficient (Wildman–Crippen LogP) is 2.92. The maximum Gasteiger partial charge on any atom is 0.223 e. The van der Waals surface area contributed by atoms with E-state index in [1.165, 1.54) is 25.7 Å². The number of thioether (sulfide) groups is 1. The van der Waals surface area contributed by atoms with E-state index in [1.54, 1.807) is 0 Å². The van der Waals surface area contributed by atoms with E-state index in [-0.39, 0.29) is 0 Å². The van der Waals surface area contributed by atoms with Crippen LogP contribution in [0.2, 0.25) is 0 Å². The van der Waals surface area contributed by atoms with Gasteiger partial charge in [0, 0.05) is 17.9 Å². The average Bonchev–Trinajstić information content (AvgIpc) is 2.78. The molecule has 0 saturated heterocycles. The Morgan fingerprint density at radius 1 is 1.41 bits per heavy atom. The van der Waals surface area contributed by atoms with Crippen LogP contribution in [0, 0.1) is 0 Å². The summed E-state index contributed by atoms with van der Waals surface area (Å²) in [5.74, 6) is 1.21. The van der Waals surface area contributed by atoms with Crippen LogP contribution in [0.15, 0.2) is 11.1 Å². The molecule has 1 saturated carbocycles. The third kappa shape index (κ3) is 3.77. The van der Waals surface area contributed by atoms with Gasteiger partial charge in [-0.3, -0.25) is 0 Å². The fraction of sp³-hybridized carbons (Fsp3) is 0.667. The molecule has 17 heavy (non-hydrogen) atoms. The molecule has 1 aromatic rings. The zero-order valence-electron chi connectivity index (χ0n) is 10.3. The molecule has 1 aliphatic rings. The topological polar surface area (TPSA) is 63.8 Å². The normalized spacial score (nSPS) is 16.3. The molecule has 0 amide bonds. The van der Waals surface area contributed by atoms with Crippen molar-refractivity contribution in [3.63, 3.8) is 0 Å². The van der Waals surface area contributed by atoms with Crippen molar-refractivity contribution < 1.29 is 0 Å². The molecule has 0 spiro atoms. The minimum absolute atomic E-state index is 0.367. The molecule has 1 aliphatic carbocycles. The van der Waals surface area contributed by atoms with Crippen molar-refractivity contribution >= 4 is 23.5 Å². The Morgan fingerprint density at radius 3 is 2.88 bits per heavy atom. The van der Waals surface area contributed by atoms with Gasteiger partial charge >= 0.3 is 0 Å². The summed E-state index contributed by atoms with van der Waals surface area (Å²) in [5, 5.41) is 4.97. The monoisotopic (exact) mass is 252 g/mol. The fourth-order valence-corrected chi connectivity index (χ4v) is 3.26. The number of nitrogens with two attached hydrogens (primary N) is 1. The highest BCUT2D eigenvalue weighted by atomic mass is 32.2. The zero-order valence-corrected chi connectivity index (χ0v) is 11.1. The van der Waals surface area contributed by atoms with Gasteiger partial charge in [0.05, 0.1) is 0 Å². The lowest BCUT2D eigenvalue weighted by molar-refractivity contribution is 0.886. The summed E-state index contributed by atoms with van der Waals surface area (Å²) in [5.41, 5.74) is 5.73. The molecule has 0 unspecified atom stereocenters. The number of nitrogen functional groups attached to an aromatic ring is 1. The van der Waals surface area contributed by atoms with E-state index in [0.717, 1.165) is 23.8 Å². The number of anilines is 2. The second-order valence-electron chi connectivity index (χ2n) is 4.40. The number of rotatable bonds is 5. The lowest BCUT2D eigenvalue weighted by Crippen LogP contribution is -2.06. The van der Waals surface area contributed by atoms with Crippen LogP contribution in [-0.4, -0.2) is 21.8 Å². The van der Waals surface area contributed by atoms with Crippen molar-refractivity contribution in [2.24, 2.45) is 0 Å².